The van der Waals surface area contributed by atoms with Crippen molar-refractivity contribution in [3.05, 3.63) is 28.7 Å². The van der Waals surface area contributed by atoms with Gasteiger partial charge in [0.05, 0.1) is 6.54 Å². The lowest BCUT2D eigenvalue weighted by atomic mass is 10.3. The zero-order valence-corrected chi connectivity index (χ0v) is 11.4. The molecule has 0 aromatic heterocycles. The molecule has 0 radical (unpaired) electrons. The number of hydrogen-bond acceptors (Lipinski definition) is 3. The lowest BCUT2D eigenvalue weighted by molar-refractivity contribution is -0.121. The van der Waals surface area contributed by atoms with Gasteiger partial charge in [-0.25, -0.2) is 0 Å². The van der Waals surface area contributed by atoms with Gasteiger partial charge in [-0.2, -0.15) is 0 Å². The third kappa shape index (κ3) is 6.28. The van der Waals surface area contributed by atoms with Gasteiger partial charge in [0.15, 0.2) is 0 Å². The number of hydrogen-bond donors (Lipinski definition) is 2. The first-order valence-electron chi connectivity index (χ1n) is 5.52. The second-order valence-electron chi connectivity index (χ2n) is 3.51. The standard InChI is InChI=1S/C12H17BrN2O2/c1-14-7-6-12(16)15-8-9-17-11-4-2-10(13)3-5-11/h2-5,14H,6-9H2,1H3,(H,15,16). The van der Waals surface area contributed by atoms with Gasteiger partial charge in [0.2, 0.25) is 5.91 Å². The van der Waals surface area contributed by atoms with Crippen molar-refractivity contribution in [1.29, 1.82) is 0 Å². The monoisotopic (exact) mass is 300 g/mol. The van der Waals surface area contributed by atoms with E-state index in [0.717, 1.165) is 10.2 Å². The minimum Gasteiger partial charge on any atom is -0.492 e. The van der Waals surface area contributed by atoms with Crippen LogP contribution >= 0.6 is 15.9 Å². The fraction of sp³-hybridized carbons (Fsp3) is 0.417. The number of nitrogens with one attached hydrogen (secondary N) is 2. The molecule has 0 saturated heterocycles. The number of carbonyl (C=O) groups is 1. The molecule has 0 aliphatic rings. The molecule has 0 atom stereocenters. The van der Waals surface area contributed by atoms with Crippen molar-refractivity contribution in [2.24, 2.45) is 0 Å². The van der Waals surface area contributed by atoms with Crippen molar-refractivity contribution < 1.29 is 9.53 Å². The molecular weight excluding hydrogens is 284 g/mol. The van der Waals surface area contributed by atoms with Gasteiger partial charge in [-0.1, -0.05) is 15.9 Å². The van der Waals surface area contributed by atoms with Crippen LogP contribution < -0.4 is 15.4 Å². The van der Waals surface area contributed by atoms with Crippen LogP contribution in [0.15, 0.2) is 28.7 Å². The van der Waals surface area contributed by atoms with Gasteiger partial charge < -0.3 is 15.4 Å². The highest BCUT2D eigenvalue weighted by atomic mass is 79.9. The molecule has 0 unspecified atom stereocenters. The first-order chi connectivity index (χ1) is 8.22. The van der Waals surface area contributed by atoms with Gasteiger partial charge in [0, 0.05) is 17.4 Å². The molecule has 0 saturated carbocycles. The van der Waals surface area contributed by atoms with Gasteiger partial charge >= 0.3 is 0 Å². The number of amides is 1. The number of rotatable bonds is 7. The lowest BCUT2D eigenvalue weighted by Crippen LogP contribution is -2.30. The molecule has 1 amide bonds. The zero-order valence-electron chi connectivity index (χ0n) is 9.83. The van der Waals surface area contributed by atoms with Gasteiger partial charge in [-0.15, -0.1) is 0 Å². The average molecular weight is 301 g/mol. The van der Waals surface area contributed by atoms with Gasteiger partial charge in [0.1, 0.15) is 12.4 Å². The summed E-state index contributed by atoms with van der Waals surface area (Å²) in [4.78, 5) is 11.2. The molecule has 0 fully saturated rings. The highest BCUT2D eigenvalue weighted by molar-refractivity contribution is 9.10. The molecule has 1 rings (SSSR count). The third-order valence-electron chi connectivity index (χ3n) is 2.11. The van der Waals surface area contributed by atoms with E-state index in [9.17, 15) is 4.79 Å². The van der Waals surface area contributed by atoms with E-state index in [2.05, 4.69) is 26.6 Å². The molecule has 2 N–H and O–H groups in total. The van der Waals surface area contributed by atoms with E-state index in [0.29, 0.717) is 26.1 Å². The van der Waals surface area contributed by atoms with Crippen LogP contribution in [0.5, 0.6) is 5.75 Å². The van der Waals surface area contributed by atoms with Crippen molar-refractivity contribution in [1.82, 2.24) is 10.6 Å². The summed E-state index contributed by atoms with van der Waals surface area (Å²) < 4.78 is 6.48. The normalized spacial score (nSPS) is 10.0. The van der Waals surface area contributed by atoms with Crippen LogP contribution in [0.25, 0.3) is 0 Å². The molecule has 94 valence electrons. The first-order valence-corrected chi connectivity index (χ1v) is 6.31. The van der Waals surface area contributed by atoms with E-state index in [1.807, 2.05) is 31.3 Å². The maximum atomic E-state index is 11.2. The number of halogens is 1. The molecule has 5 heteroatoms. The Hall–Kier alpha value is -1.07. The fourth-order valence-corrected chi connectivity index (χ4v) is 1.48. The molecule has 17 heavy (non-hydrogen) atoms. The summed E-state index contributed by atoms with van der Waals surface area (Å²) in [6.45, 7) is 1.70. The molecular formula is C12H17BrN2O2. The van der Waals surface area contributed by atoms with E-state index < -0.39 is 0 Å². The number of ether oxygens (including phenoxy) is 1. The van der Waals surface area contributed by atoms with Crippen LogP contribution in [-0.2, 0) is 4.79 Å². The Morgan fingerprint density at radius 3 is 2.65 bits per heavy atom. The van der Waals surface area contributed by atoms with Crippen LogP contribution in [-0.4, -0.2) is 32.7 Å². The van der Waals surface area contributed by atoms with Crippen LogP contribution in [0.3, 0.4) is 0 Å². The van der Waals surface area contributed by atoms with E-state index in [4.69, 9.17) is 4.74 Å². The topological polar surface area (TPSA) is 50.4 Å². The van der Waals surface area contributed by atoms with Crippen LogP contribution in [0.2, 0.25) is 0 Å². The third-order valence-corrected chi connectivity index (χ3v) is 2.64. The Bertz CT molecular complexity index is 341. The average Bonchev–Trinajstić information content (AvgIpc) is 2.34. The minimum absolute atomic E-state index is 0.0405. The minimum atomic E-state index is 0.0405. The number of carbonyl (C=O) groups excluding carboxylic acids is 1. The maximum absolute atomic E-state index is 11.2. The Morgan fingerprint density at radius 2 is 2.00 bits per heavy atom. The molecule has 1 aromatic rings. The Kier molecular flexibility index (Phi) is 6.65. The van der Waals surface area contributed by atoms with Crippen LogP contribution in [0, 0.1) is 0 Å². The van der Waals surface area contributed by atoms with E-state index in [1.165, 1.54) is 0 Å². The predicted molar refractivity (Wildman–Crippen MR) is 71.2 cm³/mol. The highest BCUT2D eigenvalue weighted by Gasteiger charge is 1.99. The van der Waals surface area contributed by atoms with Crippen LogP contribution in [0.4, 0.5) is 0 Å². The summed E-state index contributed by atoms with van der Waals surface area (Å²) in [6.07, 6.45) is 0.495. The van der Waals surface area contributed by atoms with Crippen molar-refractivity contribution in [2.45, 2.75) is 6.42 Å². The van der Waals surface area contributed by atoms with E-state index >= 15 is 0 Å². The van der Waals surface area contributed by atoms with Crippen molar-refractivity contribution >= 4 is 21.8 Å². The second-order valence-corrected chi connectivity index (χ2v) is 4.42. The smallest absolute Gasteiger partial charge is 0.221 e. The summed E-state index contributed by atoms with van der Waals surface area (Å²) in [6, 6.07) is 7.60. The van der Waals surface area contributed by atoms with E-state index in [1.54, 1.807) is 0 Å². The Labute approximate surface area is 110 Å². The van der Waals surface area contributed by atoms with Crippen molar-refractivity contribution in [3.8, 4) is 5.75 Å². The molecule has 4 nitrogen and oxygen atoms in total. The molecule has 0 aliphatic heterocycles. The summed E-state index contributed by atoms with van der Waals surface area (Å²) >= 11 is 3.35. The first kappa shape index (κ1) is 14.0. The summed E-state index contributed by atoms with van der Waals surface area (Å²) in [5, 5.41) is 5.71. The lowest BCUT2D eigenvalue weighted by Gasteiger charge is -2.07. The van der Waals surface area contributed by atoms with Crippen molar-refractivity contribution in [3.63, 3.8) is 0 Å². The van der Waals surface area contributed by atoms with Gasteiger partial charge in [-0.05, 0) is 31.3 Å². The van der Waals surface area contributed by atoms with Gasteiger partial charge in [-0.3, -0.25) is 4.79 Å². The maximum Gasteiger partial charge on any atom is 0.221 e. The Morgan fingerprint density at radius 1 is 1.29 bits per heavy atom. The summed E-state index contributed by atoms with van der Waals surface area (Å²) in [7, 11) is 1.82. The molecule has 0 bridgehead atoms. The largest absolute Gasteiger partial charge is 0.492 e. The summed E-state index contributed by atoms with van der Waals surface area (Å²) in [5.74, 6) is 0.844. The number of benzene rings is 1. The molecule has 0 heterocycles. The molecule has 0 spiro atoms. The molecule has 1 aromatic carbocycles. The highest BCUT2D eigenvalue weighted by Crippen LogP contribution is 2.15. The zero-order chi connectivity index (χ0) is 12.5. The quantitative estimate of drug-likeness (QED) is 0.751. The van der Waals surface area contributed by atoms with Crippen LogP contribution in [0.1, 0.15) is 6.42 Å². The second kappa shape index (κ2) is 8.08. The van der Waals surface area contributed by atoms with Crippen molar-refractivity contribution in [2.75, 3.05) is 26.7 Å². The SMILES string of the molecule is CNCCC(=O)NCCOc1ccc(Br)cc1. The Balaban J connectivity index is 2.11. The predicted octanol–water partition coefficient (Wildman–Crippen LogP) is 1.55. The van der Waals surface area contributed by atoms with Gasteiger partial charge in [0.25, 0.3) is 0 Å². The summed E-state index contributed by atoms with van der Waals surface area (Å²) in [5.41, 5.74) is 0. The van der Waals surface area contributed by atoms with E-state index in [-0.39, 0.29) is 5.91 Å². The molecule has 0 aliphatic carbocycles. The fourth-order valence-electron chi connectivity index (χ4n) is 1.22.